The largest absolute Gasteiger partial charge is 0.495 e. The monoisotopic (exact) mass is 446 g/mol. The summed E-state index contributed by atoms with van der Waals surface area (Å²) in [4.78, 5) is 14.3. The Morgan fingerprint density at radius 3 is 2.84 bits per heavy atom. The van der Waals surface area contributed by atoms with Crippen LogP contribution in [0.15, 0.2) is 29.3 Å². The smallest absolute Gasteiger partial charge is 0.276 e. The van der Waals surface area contributed by atoms with Crippen molar-refractivity contribution in [2.24, 2.45) is 11.8 Å². The van der Waals surface area contributed by atoms with E-state index < -0.39 is 10.0 Å². The van der Waals surface area contributed by atoms with Crippen molar-refractivity contribution in [2.45, 2.75) is 37.6 Å². The maximum atomic E-state index is 13.2. The zero-order chi connectivity index (χ0) is 22.6. The lowest BCUT2D eigenvalue weighted by Crippen LogP contribution is -2.43. The molecule has 0 aliphatic carbocycles. The van der Waals surface area contributed by atoms with E-state index >= 15 is 0 Å². The van der Waals surface area contributed by atoms with Crippen molar-refractivity contribution < 1.29 is 17.9 Å². The first-order chi connectivity index (χ1) is 14.8. The molecule has 0 radical (unpaired) electrons. The fourth-order valence-electron chi connectivity index (χ4n) is 4.04. The zero-order valence-corrected chi connectivity index (χ0v) is 18.5. The molecule has 0 bridgehead atoms. The van der Waals surface area contributed by atoms with Crippen LogP contribution in [0.5, 0.6) is 5.75 Å². The standard InChI is InChI=1S/C20H26N6O4S/c1-4-5-16(15-12-26(11-13(15)2)20(27)17-10-22-25-23-17)24-31(28,29)19-8-14(9-21)6-7-18(19)30-3/h6-8,10,13,15-16,24H,4-5,11-12H2,1-3H3,(H,22,23,25)/t13-,15+,16-/m1/s1. The molecule has 1 saturated heterocycles. The summed E-state index contributed by atoms with van der Waals surface area (Å²) < 4.78 is 34.5. The molecule has 0 spiro atoms. The number of carbonyl (C=O) groups excluding carboxylic acids is 1. The molecule has 11 heteroatoms. The number of ether oxygens (including phenoxy) is 1. The maximum absolute atomic E-state index is 13.2. The number of hydrogen-bond donors (Lipinski definition) is 2. The Morgan fingerprint density at radius 2 is 2.23 bits per heavy atom. The van der Waals surface area contributed by atoms with Crippen LogP contribution in [0.1, 0.15) is 42.7 Å². The van der Waals surface area contributed by atoms with Crippen molar-refractivity contribution in [1.82, 2.24) is 25.0 Å². The molecular formula is C20H26N6O4S. The van der Waals surface area contributed by atoms with E-state index in [1.165, 1.54) is 31.5 Å². The van der Waals surface area contributed by atoms with Crippen molar-refractivity contribution in [3.8, 4) is 11.8 Å². The molecule has 10 nitrogen and oxygen atoms in total. The highest BCUT2D eigenvalue weighted by atomic mass is 32.2. The van der Waals surface area contributed by atoms with Crippen molar-refractivity contribution >= 4 is 15.9 Å². The predicted octanol–water partition coefficient (Wildman–Crippen LogP) is 1.54. The molecule has 2 aromatic rings. The van der Waals surface area contributed by atoms with Crippen LogP contribution in [0.25, 0.3) is 0 Å². The number of likely N-dealkylation sites (tertiary alicyclic amines) is 1. The number of nitrogens with zero attached hydrogens (tertiary/aromatic N) is 4. The molecule has 0 saturated carbocycles. The first-order valence-electron chi connectivity index (χ1n) is 10.1. The van der Waals surface area contributed by atoms with Gasteiger partial charge < -0.3 is 9.64 Å². The van der Waals surface area contributed by atoms with Crippen LogP contribution in [0, 0.1) is 23.2 Å². The fraction of sp³-hybridized carbons (Fsp3) is 0.500. The first-order valence-corrected chi connectivity index (χ1v) is 11.5. The molecule has 1 amide bonds. The van der Waals surface area contributed by atoms with Crippen LogP contribution < -0.4 is 9.46 Å². The highest BCUT2D eigenvalue weighted by Gasteiger charge is 2.39. The van der Waals surface area contributed by atoms with Crippen LogP contribution in [0.3, 0.4) is 0 Å². The minimum Gasteiger partial charge on any atom is -0.495 e. The number of nitriles is 1. The summed E-state index contributed by atoms with van der Waals surface area (Å²) in [7, 11) is -2.57. The minimum atomic E-state index is -3.96. The van der Waals surface area contributed by atoms with E-state index in [9.17, 15) is 13.2 Å². The van der Waals surface area contributed by atoms with Gasteiger partial charge in [0.2, 0.25) is 10.0 Å². The molecule has 3 rings (SSSR count). The van der Waals surface area contributed by atoms with Crippen LogP contribution in [-0.4, -0.2) is 60.9 Å². The van der Waals surface area contributed by atoms with Crippen molar-refractivity contribution in [2.75, 3.05) is 20.2 Å². The zero-order valence-electron chi connectivity index (χ0n) is 17.7. The molecule has 1 fully saturated rings. The SMILES string of the molecule is CCC[C@@H](NS(=O)(=O)c1cc(C#N)ccc1OC)[C@H]1CN(C(=O)c2cn[nH]n2)C[C@H]1C. The molecule has 31 heavy (non-hydrogen) atoms. The lowest BCUT2D eigenvalue weighted by Gasteiger charge is -2.27. The van der Waals surface area contributed by atoms with Gasteiger partial charge in [0.15, 0.2) is 5.69 Å². The number of aromatic amines is 1. The van der Waals surface area contributed by atoms with E-state index in [2.05, 4.69) is 20.1 Å². The predicted molar refractivity (Wildman–Crippen MR) is 112 cm³/mol. The highest BCUT2D eigenvalue weighted by molar-refractivity contribution is 7.89. The average Bonchev–Trinajstić information content (AvgIpc) is 3.42. The van der Waals surface area contributed by atoms with Gasteiger partial charge in [0.1, 0.15) is 10.6 Å². The van der Waals surface area contributed by atoms with Gasteiger partial charge in [-0.1, -0.05) is 20.3 Å². The number of benzene rings is 1. The maximum Gasteiger partial charge on any atom is 0.276 e. The van der Waals surface area contributed by atoms with Gasteiger partial charge in [-0.15, -0.1) is 0 Å². The van der Waals surface area contributed by atoms with Crippen LogP contribution >= 0.6 is 0 Å². The van der Waals surface area contributed by atoms with Crippen LogP contribution in [-0.2, 0) is 10.0 Å². The second-order valence-corrected chi connectivity index (χ2v) is 9.38. The van der Waals surface area contributed by atoms with Crippen molar-refractivity contribution in [1.29, 1.82) is 5.26 Å². The molecule has 3 atom stereocenters. The third kappa shape index (κ3) is 4.86. The number of nitrogens with one attached hydrogen (secondary N) is 2. The van der Waals surface area contributed by atoms with Gasteiger partial charge in [-0.25, -0.2) is 13.1 Å². The lowest BCUT2D eigenvalue weighted by molar-refractivity contribution is 0.0777. The molecule has 2 N–H and O–H groups in total. The Bertz CT molecular complexity index is 1060. The van der Waals surface area contributed by atoms with Gasteiger partial charge >= 0.3 is 0 Å². The Balaban J connectivity index is 1.84. The fourth-order valence-corrected chi connectivity index (χ4v) is 5.56. The van der Waals surface area contributed by atoms with E-state index in [4.69, 9.17) is 10.00 Å². The Hall–Kier alpha value is -2.97. The topological polar surface area (TPSA) is 141 Å². The molecule has 1 aromatic heterocycles. The molecule has 166 valence electrons. The summed E-state index contributed by atoms with van der Waals surface area (Å²) in [5.74, 6) is -0.0492. The Kier molecular flexibility index (Phi) is 6.92. The van der Waals surface area contributed by atoms with E-state index in [1.54, 1.807) is 4.90 Å². The number of aromatic nitrogens is 3. The number of hydrogen-bond acceptors (Lipinski definition) is 7. The van der Waals surface area contributed by atoms with E-state index in [-0.39, 0.29) is 45.7 Å². The molecule has 1 aromatic carbocycles. The number of carbonyl (C=O) groups is 1. The lowest BCUT2D eigenvalue weighted by atomic mass is 9.88. The summed E-state index contributed by atoms with van der Waals surface area (Å²) >= 11 is 0. The second kappa shape index (κ2) is 9.45. The van der Waals surface area contributed by atoms with Gasteiger partial charge in [0.05, 0.1) is 24.9 Å². The first kappa shape index (κ1) is 22.7. The van der Waals surface area contributed by atoms with Crippen molar-refractivity contribution in [3.05, 3.63) is 35.7 Å². The summed E-state index contributed by atoms with van der Waals surface area (Å²) in [5.41, 5.74) is 0.463. The Labute approximate surface area is 181 Å². The highest BCUT2D eigenvalue weighted by Crippen LogP contribution is 2.31. The van der Waals surface area contributed by atoms with E-state index in [0.29, 0.717) is 19.5 Å². The van der Waals surface area contributed by atoms with Gasteiger partial charge in [0, 0.05) is 19.1 Å². The quantitative estimate of drug-likeness (QED) is 0.626. The number of H-pyrrole nitrogens is 1. The summed E-state index contributed by atoms with van der Waals surface area (Å²) in [6.07, 6.45) is 2.75. The normalized spacial score (nSPS) is 19.7. The van der Waals surface area contributed by atoms with Gasteiger partial charge in [-0.05, 0) is 36.5 Å². The number of sulfonamides is 1. The molecular weight excluding hydrogens is 420 g/mol. The summed E-state index contributed by atoms with van der Waals surface area (Å²) in [6.45, 7) is 4.91. The van der Waals surface area contributed by atoms with Crippen LogP contribution in [0.4, 0.5) is 0 Å². The molecule has 2 heterocycles. The molecule has 1 aliphatic rings. The average molecular weight is 447 g/mol. The number of rotatable bonds is 8. The van der Waals surface area contributed by atoms with Gasteiger partial charge in [-0.3, -0.25) is 4.79 Å². The Morgan fingerprint density at radius 1 is 1.45 bits per heavy atom. The third-order valence-electron chi connectivity index (χ3n) is 5.60. The van der Waals surface area contributed by atoms with Gasteiger partial charge in [0.25, 0.3) is 5.91 Å². The summed E-state index contributed by atoms with van der Waals surface area (Å²) in [5, 5.41) is 19.1. The van der Waals surface area contributed by atoms with Crippen LogP contribution in [0.2, 0.25) is 0 Å². The molecule has 0 unspecified atom stereocenters. The van der Waals surface area contributed by atoms with Crippen molar-refractivity contribution in [3.63, 3.8) is 0 Å². The third-order valence-corrected chi connectivity index (χ3v) is 7.11. The number of methoxy groups -OCH3 is 1. The van der Waals surface area contributed by atoms with E-state index in [1.807, 2.05) is 19.9 Å². The summed E-state index contributed by atoms with van der Waals surface area (Å²) in [6, 6.07) is 5.87. The van der Waals surface area contributed by atoms with E-state index in [0.717, 1.165) is 6.42 Å². The van der Waals surface area contributed by atoms with Gasteiger partial charge in [-0.2, -0.15) is 20.7 Å². The number of amides is 1. The molecule has 1 aliphatic heterocycles. The minimum absolute atomic E-state index is 0.0728. The second-order valence-electron chi connectivity index (χ2n) is 7.70.